The zero-order chi connectivity index (χ0) is 11.5. The van der Waals surface area contributed by atoms with Gasteiger partial charge in [0.2, 0.25) is 0 Å². The summed E-state index contributed by atoms with van der Waals surface area (Å²) in [5.74, 6) is -0.272. The number of hydrogen-bond donors (Lipinski definition) is 1. The maximum absolute atomic E-state index is 12.7. The lowest BCUT2D eigenvalue weighted by Crippen LogP contribution is -2.19. The van der Waals surface area contributed by atoms with Crippen molar-refractivity contribution in [1.29, 1.82) is 0 Å². The quantitative estimate of drug-likeness (QED) is 0.770. The monoisotopic (exact) mass is 235 g/mol. The van der Waals surface area contributed by atoms with Crippen LogP contribution in [-0.2, 0) is 0 Å². The van der Waals surface area contributed by atoms with E-state index < -0.39 is 0 Å². The van der Waals surface area contributed by atoms with Crippen molar-refractivity contribution in [2.45, 2.75) is 6.92 Å². The van der Waals surface area contributed by atoms with Gasteiger partial charge >= 0.3 is 0 Å². The molecule has 0 fully saturated rings. The predicted octanol–water partition coefficient (Wildman–Crippen LogP) is 2.58. The van der Waals surface area contributed by atoms with Crippen LogP contribution in [0.3, 0.4) is 0 Å². The average molecular weight is 235 g/mol. The fraction of sp³-hybridized carbons (Fsp3) is 0.0909. The number of rotatable bonds is 1. The zero-order valence-corrected chi connectivity index (χ0v) is 9.46. The number of nitrogens with zero attached hydrogens (tertiary/aromatic N) is 2. The van der Waals surface area contributed by atoms with Crippen molar-refractivity contribution in [3.8, 4) is 0 Å². The third-order valence-electron chi connectivity index (χ3n) is 2.02. The molecule has 3 nitrogen and oxygen atoms in total. The molecule has 0 unspecified atom stereocenters. The van der Waals surface area contributed by atoms with Gasteiger partial charge < -0.3 is 5.32 Å². The van der Waals surface area contributed by atoms with Gasteiger partial charge in [-0.15, -0.1) is 0 Å². The van der Waals surface area contributed by atoms with Gasteiger partial charge in [0.05, 0.1) is 6.20 Å². The molecule has 0 aliphatic heterocycles. The minimum Gasteiger partial charge on any atom is -0.331 e. The van der Waals surface area contributed by atoms with E-state index >= 15 is 0 Å². The van der Waals surface area contributed by atoms with Crippen LogP contribution >= 0.6 is 12.2 Å². The van der Waals surface area contributed by atoms with Crippen LogP contribution in [0.2, 0.25) is 0 Å². The Labute approximate surface area is 97.9 Å². The Balaban J connectivity index is 2.10. The van der Waals surface area contributed by atoms with E-state index in [1.165, 1.54) is 12.1 Å². The summed E-state index contributed by atoms with van der Waals surface area (Å²) in [5.41, 5.74) is 1.77. The highest BCUT2D eigenvalue weighted by Gasteiger charge is 2.01. The van der Waals surface area contributed by atoms with Crippen LogP contribution in [-0.4, -0.2) is 14.9 Å². The molecule has 1 N–H and O–H groups in total. The van der Waals surface area contributed by atoms with E-state index in [0.717, 1.165) is 11.3 Å². The standard InChI is InChI=1S/C11H10FN3S/c1-8-6-13-15(7-8)11(16)14-10-4-2-9(12)3-5-10/h2-7H,1H3,(H,14,16). The second-order valence-electron chi connectivity index (χ2n) is 3.40. The van der Waals surface area contributed by atoms with Crippen LogP contribution in [0.5, 0.6) is 0 Å². The molecule has 0 aliphatic carbocycles. The lowest BCUT2D eigenvalue weighted by molar-refractivity contribution is 0.628. The van der Waals surface area contributed by atoms with Crippen LogP contribution < -0.4 is 5.32 Å². The normalized spacial score (nSPS) is 10.1. The van der Waals surface area contributed by atoms with E-state index in [4.69, 9.17) is 12.2 Å². The minimum absolute atomic E-state index is 0.272. The summed E-state index contributed by atoms with van der Waals surface area (Å²) >= 11 is 5.14. The lowest BCUT2D eigenvalue weighted by atomic mass is 10.3. The van der Waals surface area contributed by atoms with Gasteiger partial charge in [-0.2, -0.15) is 5.10 Å². The van der Waals surface area contributed by atoms with Crippen molar-refractivity contribution < 1.29 is 4.39 Å². The molecule has 1 aromatic heterocycles. The molecule has 0 radical (unpaired) electrons. The highest BCUT2D eigenvalue weighted by atomic mass is 32.1. The molecule has 2 aromatic rings. The van der Waals surface area contributed by atoms with E-state index in [9.17, 15) is 4.39 Å². The van der Waals surface area contributed by atoms with Crippen molar-refractivity contribution in [3.63, 3.8) is 0 Å². The van der Waals surface area contributed by atoms with Gasteiger partial charge in [-0.1, -0.05) is 0 Å². The molecular weight excluding hydrogens is 225 g/mol. The summed E-state index contributed by atoms with van der Waals surface area (Å²) in [6, 6.07) is 5.99. The fourth-order valence-electron chi connectivity index (χ4n) is 1.24. The van der Waals surface area contributed by atoms with Gasteiger partial charge in [-0.3, -0.25) is 0 Å². The smallest absolute Gasteiger partial charge is 0.198 e. The molecule has 0 atom stereocenters. The molecule has 1 heterocycles. The Kier molecular flexibility index (Phi) is 2.96. The average Bonchev–Trinajstić information content (AvgIpc) is 2.68. The van der Waals surface area contributed by atoms with E-state index in [-0.39, 0.29) is 5.82 Å². The Morgan fingerprint density at radius 3 is 2.62 bits per heavy atom. The van der Waals surface area contributed by atoms with Gasteiger partial charge in [-0.25, -0.2) is 9.07 Å². The minimum atomic E-state index is -0.272. The van der Waals surface area contributed by atoms with E-state index in [0.29, 0.717) is 5.11 Å². The number of nitrogens with one attached hydrogen (secondary N) is 1. The van der Waals surface area contributed by atoms with Crippen LogP contribution in [0.4, 0.5) is 10.1 Å². The van der Waals surface area contributed by atoms with Crippen molar-refractivity contribution in [3.05, 3.63) is 48.0 Å². The van der Waals surface area contributed by atoms with Crippen LogP contribution in [0, 0.1) is 12.7 Å². The fourth-order valence-corrected chi connectivity index (χ4v) is 1.46. The second kappa shape index (κ2) is 4.40. The second-order valence-corrected chi connectivity index (χ2v) is 3.79. The molecule has 2 rings (SSSR count). The molecule has 0 bridgehead atoms. The van der Waals surface area contributed by atoms with Crippen molar-refractivity contribution in [1.82, 2.24) is 9.78 Å². The molecule has 5 heteroatoms. The lowest BCUT2D eigenvalue weighted by Gasteiger charge is -2.07. The Morgan fingerprint density at radius 1 is 1.38 bits per heavy atom. The molecule has 0 aliphatic rings. The van der Waals surface area contributed by atoms with Crippen molar-refractivity contribution >= 4 is 23.0 Å². The summed E-state index contributed by atoms with van der Waals surface area (Å²) in [5, 5.41) is 7.49. The Hall–Kier alpha value is -1.75. The number of halogens is 1. The first-order valence-electron chi connectivity index (χ1n) is 4.73. The maximum Gasteiger partial charge on any atom is 0.198 e. The largest absolute Gasteiger partial charge is 0.331 e. The van der Waals surface area contributed by atoms with Crippen LogP contribution in [0.15, 0.2) is 36.7 Å². The first-order valence-corrected chi connectivity index (χ1v) is 5.14. The van der Waals surface area contributed by atoms with Gasteiger partial charge in [0.15, 0.2) is 5.11 Å². The summed E-state index contributed by atoms with van der Waals surface area (Å²) in [6.45, 7) is 1.93. The van der Waals surface area contributed by atoms with Gasteiger partial charge in [0.25, 0.3) is 0 Å². The summed E-state index contributed by atoms with van der Waals surface area (Å²) in [4.78, 5) is 0. The third-order valence-corrected chi connectivity index (χ3v) is 2.30. The maximum atomic E-state index is 12.7. The number of thiocarbonyl (C=S) groups is 1. The zero-order valence-electron chi connectivity index (χ0n) is 8.64. The van der Waals surface area contributed by atoms with Crippen molar-refractivity contribution in [2.75, 3.05) is 5.32 Å². The molecule has 0 saturated heterocycles. The van der Waals surface area contributed by atoms with Gasteiger partial charge in [0.1, 0.15) is 5.82 Å². The topological polar surface area (TPSA) is 29.9 Å². The summed E-state index contributed by atoms with van der Waals surface area (Å²) in [6.07, 6.45) is 3.54. The Morgan fingerprint density at radius 2 is 2.06 bits per heavy atom. The number of hydrogen-bond acceptors (Lipinski definition) is 2. The first kappa shape index (κ1) is 10.8. The molecule has 82 valence electrons. The van der Waals surface area contributed by atoms with E-state index in [1.54, 1.807) is 23.0 Å². The highest BCUT2D eigenvalue weighted by molar-refractivity contribution is 7.80. The molecule has 0 spiro atoms. The predicted molar refractivity (Wildman–Crippen MR) is 65.0 cm³/mol. The third kappa shape index (κ3) is 2.43. The van der Waals surface area contributed by atoms with E-state index in [2.05, 4.69) is 10.4 Å². The molecule has 1 aromatic carbocycles. The van der Waals surface area contributed by atoms with Gasteiger partial charge in [-0.05, 0) is 49.0 Å². The van der Waals surface area contributed by atoms with E-state index in [1.807, 2.05) is 13.1 Å². The van der Waals surface area contributed by atoms with Gasteiger partial charge in [0, 0.05) is 11.9 Å². The molecule has 0 saturated carbocycles. The number of benzene rings is 1. The SMILES string of the molecule is Cc1cnn(C(=S)Nc2ccc(F)cc2)c1. The number of aryl methyl sites for hydroxylation is 1. The molecular formula is C11H10FN3S. The van der Waals surface area contributed by atoms with Crippen molar-refractivity contribution in [2.24, 2.45) is 0 Å². The molecule has 16 heavy (non-hydrogen) atoms. The summed E-state index contributed by atoms with van der Waals surface area (Å²) < 4.78 is 14.2. The number of aromatic nitrogens is 2. The first-order chi connectivity index (χ1) is 7.65. The number of anilines is 1. The summed E-state index contributed by atoms with van der Waals surface area (Å²) in [7, 11) is 0. The van der Waals surface area contributed by atoms with Crippen LogP contribution in [0.25, 0.3) is 0 Å². The van der Waals surface area contributed by atoms with Crippen LogP contribution in [0.1, 0.15) is 5.56 Å². The highest BCUT2D eigenvalue weighted by Crippen LogP contribution is 2.08. The Bertz CT molecular complexity index is 504. The molecule has 0 amide bonds.